The number of ether oxygens (including phenoxy) is 1. The number of nitrogens with one attached hydrogen (secondary N) is 1. The first-order chi connectivity index (χ1) is 7.60. The molecule has 1 aliphatic rings. The Morgan fingerprint density at radius 1 is 1.44 bits per heavy atom. The van der Waals surface area contributed by atoms with Crippen LogP contribution in [0.25, 0.3) is 0 Å². The van der Waals surface area contributed by atoms with Crippen molar-refractivity contribution in [3.05, 3.63) is 0 Å². The molecule has 92 valence electrons. The largest absolute Gasteiger partial charge is 0.480 e. The van der Waals surface area contributed by atoms with Gasteiger partial charge in [0.2, 0.25) is 5.91 Å². The molecule has 0 atom stereocenters. The second-order valence-electron chi connectivity index (χ2n) is 4.09. The summed E-state index contributed by atoms with van der Waals surface area (Å²) < 4.78 is 5.11. The van der Waals surface area contributed by atoms with Crippen LogP contribution >= 0.6 is 0 Å². The summed E-state index contributed by atoms with van der Waals surface area (Å²) in [6, 6.07) is 0. The van der Waals surface area contributed by atoms with Gasteiger partial charge in [0.05, 0.1) is 0 Å². The average molecular weight is 229 g/mol. The Bertz CT molecular complexity index is 261. The lowest BCUT2D eigenvalue weighted by Crippen LogP contribution is -2.59. The lowest BCUT2D eigenvalue weighted by atomic mass is 9.76. The molecule has 1 rings (SSSR count). The highest BCUT2D eigenvalue weighted by Crippen LogP contribution is 2.32. The zero-order valence-electron chi connectivity index (χ0n) is 9.62. The van der Waals surface area contributed by atoms with E-state index >= 15 is 0 Å². The van der Waals surface area contributed by atoms with Gasteiger partial charge < -0.3 is 15.2 Å². The van der Waals surface area contributed by atoms with Crippen LogP contribution in [0.5, 0.6) is 0 Å². The van der Waals surface area contributed by atoms with Gasteiger partial charge in [-0.05, 0) is 32.6 Å². The van der Waals surface area contributed by atoms with Crippen molar-refractivity contribution >= 4 is 11.9 Å². The van der Waals surface area contributed by atoms with Gasteiger partial charge in [0.15, 0.2) is 0 Å². The molecule has 0 aliphatic heterocycles. The second-order valence-corrected chi connectivity index (χ2v) is 4.09. The van der Waals surface area contributed by atoms with Crippen LogP contribution in [0.1, 0.15) is 39.0 Å². The zero-order valence-corrected chi connectivity index (χ0v) is 9.62. The fourth-order valence-corrected chi connectivity index (χ4v) is 1.73. The number of hydrogen-bond acceptors (Lipinski definition) is 3. The summed E-state index contributed by atoms with van der Waals surface area (Å²) in [5.74, 6) is -1.11. The Kier molecular flexibility index (Phi) is 4.73. The molecule has 1 amide bonds. The summed E-state index contributed by atoms with van der Waals surface area (Å²) in [6.45, 7) is 3.08. The van der Waals surface area contributed by atoms with Crippen molar-refractivity contribution in [2.75, 3.05) is 13.2 Å². The van der Waals surface area contributed by atoms with E-state index in [-0.39, 0.29) is 5.91 Å². The SMILES string of the molecule is CCOCCCC(=O)NC1(C(=O)O)CCC1. The second kappa shape index (κ2) is 5.84. The number of rotatable bonds is 7. The first-order valence-corrected chi connectivity index (χ1v) is 5.73. The van der Waals surface area contributed by atoms with Crippen LogP contribution in [-0.4, -0.2) is 35.7 Å². The van der Waals surface area contributed by atoms with E-state index in [2.05, 4.69) is 5.32 Å². The number of hydrogen-bond donors (Lipinski definition) is 2. The van der Waals surface area contributed by atoms with Crippen molar-refractivity contribution in [1.29, 1.82) is 0 Å². The molecule has 2 N–H and O–H groups in total. The van der Waals surface area contributed by atoms with E-state index in [1.807, 2.05) is 6.92 Å². The molecule has 0 aromatic carbocycles. The van der Waals surface area contributed by atoms with E-state index in [1.165, 1.54) is 0 Å². The lowest BCUT2D eigenvalue weighted by Gasteiger charge is -2.38. The van der Waals surface area contributed by atoms with Crippen LogP contribution in [-0.2, 0) is 14.3 Å². The van der Waals surface area contributed by atoms with Gasteiger partial charge in [0.25, 0.3) is 0 Å². The Labute approximate surface area is 95.2 Å². The lowest BCUT2D eigenvalue weighted by molar-refractivity contribution is -0.151. The van der Waals surface area contributed by atoms with E-state index in [1.54, 1.807) is 0 Å². The van der Waals surface area contributed by atoms with Crippen LogP contribution in [0.15, 0.2) is 0 Å². The third-order valence-electron chi connectivity index (χ3n) is 2.89. The molecular weight excluding hydrogens is 210 g/mol. The van der Waals surface area contributed by atoms with Crippen LogP contribution in [0.4, 0.5) is 0 Å². The fraction of sp³-hybridized carbons (Fsp3) is 0.818. The highest BCUT2D eigenvalue weighted by Gasteiger charge is 2.45. The van der Waals surface area contributed by atoms with Gasteiger partial charge in [0, 0.05) is 19.6 Å². The molecule has 1 fully saturated rings. The van der Waals surface area contributed by atoms with Crippen molar-refractivity contribution in [3.8, 4) is 0 Å². The van der Waals surface area contributed by atoms with Gasteiger partial charge in [0.1, 0.15) is 5.54 Å². The molecule has 0 radical (unpaired) electrons. The quantitative estimate of drug-likeness (QED) is 0.637. The molecule has 0 aromatic heterocycles. The number of carbonyl (C=O) groups is 2. The number of carboxylic acids is 1. The zero-order chi connectivity index (χ0) is 12.0. The first-order valence-electron chi connectivity index (χ1n) is 5.73. The van der Waals surface area contributed by atoms with Gasteiger partial charge >= 0.3 is 5.97 Å². The van der Waals surface area contributed by atoms with Gasteiger partial charge in [-0.1, -0.05) is 0 Å². The van der Waals surface area contributed by atoms with Gasteiger partial charge in [-0.15, -0.1) is 0 Å². The van der Waals surface area contributed by atoms with Gasteiger partial charge in [-0.3, -0.25) is 4.79 Å². The van der Waals surface area contributed by atoms with E-state index in [0.717, 1.165) is 6.42 Å². The molecule has 16 heavy (non-hydrogen) atoms. The highest BCUT2D eigenvalue weighted by atomic mass is 16.5. The number of aliphatic carboxylic acids is 1. The van der Waals surface area contributed by atoms with Crippen LogP contribution < -0.4 is 5.32 Å². The predicted octanol–water partition coefficient (Wildman–Crippen LogP) is 0.927. The summed E-state index contributed by atoms with van der Waals surface area (Å²) >= 11 is 0. The summed E-state index contributed by atoms with van der Waals surface area (Å²) in [5.41, 5.74) is -0.983. The third-order valence-corrected chi connectivity index (χ3v) is 2.89. The summed E-state index contributed by atoms with van der Waals surface area (Å²) in [6.07, 6.45) is 2.91. The van der Waals surface area contributed by atoms with Crippen molar-refractivity contribution in [3.63, 3.8) is 0 Å². The van der Waals surface area contributed by atoms with E-state index in [4.69, 9.17) is 9.84 Å². The standard InChI is InChI=1S/C11H19NO4/c1-2-16-8-3-5-9(13)12-11(10(14)15)6-4-7-11/h2-8H2,1H3,(H,12,13)(H,14,15). The Hall–Kier alpha value is -1.10. The van der Waals surface area contributed by atoms with Gasteiger partial charge in [-0.25, -0.2) is 4.79 Å². The molecule has 5 heteroatoms. The molecule has 0 spiro atoms. The maximum absolute atomic E-state index is 11.5. The molecule has 5 nitrogen and oxygen atoms in total. The monoisotopic (exact) mass is 229 g/mol. The highest BCUT2D eigenvalue weighted by molar-refractivity contribution is 5.87. The van der Waals surface area contributed by atoms with Gasteiger partial charge in [-0.2, -0.15) is 0 Å². The van der Waals surface area contributed by atoms with Crippen molar-refractivity contribution in [1.82, 2.24) is 5.32 Å². The van der Waals surface area contributed by atoms with Crippen LogP contribution in [0.3, 0.4) is 0 Å². The summed E-state index contributed by atoms with van der Waals surface area (Å²) in [4.78, 5) is 22.5. The molecule has 0 bridgehead atoms. The minimum absolute atomic E-state index is 0.193. The molecule has 1 aliphatic carbocycles. The van der Waals surface area contributed by atoms with E-state index in [9.17, 15) is 9.59 Å². The first kappa shape index (κ1) is 13.0. The summed E-state index contributed by atoms with van der Waals surface area (Å²) in [5, 5.41) is 11.6. The molecule has 0 saturated heterocycles. The number of amides is 1. The topological polar surface area (TPSA) is 75.6 Å². The predicted molar refractivity (Wildman–Crippen MR) is 58.1 cm³/mol. The molecule has 1 saturated carbocycles. The molecule has 0 unspecified atom stereocenters. The maximum atomic E-state index is 11.5. The van der Waals surface area contributed by atoms with Crippen molar-refractivity contribution in [2.45, 2.75) is 44.6 Å². The van der Waals surface area contributed by atoms with Crippen LogP contribution in [0, 0.1) is 0 Å². The Morgan fingerprint density at radius 3 is 2.56 bits per heavy atom. The number of carboxylic acid groups (broad SMARTS) is 1. The maximum Gasteiger partial charge on any atom is 0.329 e. The van der Waals surface area contributed by atoms with Crippen molar-refractivity contribution < 1.29 is 19.4 Å². The normalized spacial score (nSPS) is 17.6. The van der Waals surface area contributed by atoms with Crippen LogP contribution in [0.2, 0.25) is 0 Å². The Balaban J connectivity index is 2.25. The smallest absolute Gasteiger partial charge is 0.329 e. The molecule has 0 heterocycles. The number of carbonyl (C=O) groups excluding carboxylic acids is 1. The fourth-order valence-electron chi connectivity index (χ4n) is 1.73. The molecular formula is C11H19NO4. The summed E-state index contributed by atoms with van der Waals surface area (Å²) in [7, 11) is 0. The van der Waals surface area contributed by atoms with E-state index in [0.29, 0.717) is 38.9 Å². The average Bonchev–Trinajstić information content (AvgIpc) is 2.18. The third kappa shape index (κ3) is 3.20. The minimum atomic E-state index is -0.983. The van der Waals surface area contributed by atoms with E-state index < -0.39 is 11.5 Å². The minimum Gasteiger partial charge on any atom is -0.480 e. The van der Waals surface area contributed by atoms with Crippen molar-refractivity contribution in [2.24, 2.45) is 0 Å². The Morgan fingerprint density at radius 2 is 2.12 bits per heavy atom. The molecule has 0 aromatic rings.